The van der Waals surface area contributed by atoms with E-state index in [0.717, 1.165) is 43.2 Å². The minimum atomic E-state index is -2.91. The molecular weight excluding hydrogens is 456 g/mol. The molecule has 1 N–H and O–H groups in total. The molecule has 2 aromatic heterocycles. The van der Waals surface area contributed by atoms with Crippen molar-refractivity contribution in [3.8, 4) is 17.0 Å². The maximum Gasteiger partial charge on any atom is 0.387 e. The van der Waals surface area contributed by atoms with Crippen molar-refractivity contribution in [3.05, 3.63) is 29.7 Å². The van der Waals surface area contributed by atoms with Crippen LogP contribution in [-0.4, -0.2) is 70.6 Å². The first-order chi connectivity index (χ1) is 16.7. The highest BCUT2D eigenvalue weighted by Crippen LogP contribution is 2.35. The number of alkyl halides is 2. The zero-order valence-electron chi connectivity index (χ0n) is 20.8. The van der Waals surface area contributed by atoms with Crippen molar-refractivity contribution in [2.24, 2.45) is 5.92 Å². The monoisotopic (exact) mass is 491 g/mol. The molecule has 8 nitrogen and oxygen atoms in total. The topological polar surface area (TPSA) is 81.5 Å². The van der Waals surface area contributed by atoms with E-state index >= 15 is 0 Å². The Kier molecular flexibility index (Phi) is 8.01. The van der Waals surface area contributed by atoms with Gasteiger partial charge in [-0.25, -0.2) is 0 Å². The van der Waals surface area contributed by atoms with Crippen molar-refractivity contribution < 1.29 is 23.0 Å². The molecule has 2 aromatic rings. The van der Waals surface area contributed by atoms with Gasteiger partial charge in [-0.05, 0) is 46.6 Å². The summed E-state index contributed by atoms with van der Waals surface area (Å²) in [6, 6.07) is 1.68. The lowest BCUT2D eigenvalue weighted by Gasteiger charge is -2.33. The number of fused-ring (bicyclic) bond motifs is 1. The Bertz CT molecular complexity index is 1030. The van der Waals surface area contributed by atoms with Crippen LogP contribution in [0.3, 0.4) is 0 Å². The summed E-state index contributed by atoms with van der Waals surface area (Å²) in [6.07, 6.45) is 5.07. The van der Waals surface area contributed by atoms with Crippen LogP contribution >= 0.6 is 0 Å². The van der Waals surface area contributed by atoms with E-state index in [9.17, 15) is 13.6 Å². The van der Waals surface area contributed by atoms with Crippen LogP contribution in [-0.2, 0) is 22.4 Å². The quantitative estimate of drug-likeness (QED) is 0.609. The van der Waals surface area contributed by atoms with Crippen LogP contribution in [0.2, 0.25) is 0 Å². The van der Waals surface area contributed by atoms with Crippen molar-refractivity contribution in [2.45, 2.75) is 71.8 Å². The number of rotatable bonds is 8. The molecule has 35 heavy (non-hydrogen) atoms. The highest BCUT2D eigenvalue weighted by Gasteiger charge is 2.32. The van der Waals surface area contributed by atoms with Crippen LogP contribution < -0.4 is 10.1 Å². The Labute approximate surface area is 205 Å². The molecule has 3 atom stereocenters. The molecule has 0 radical (unpaired) electrons. The van der Waals surface area contributed by atoms with Gasteiger partial charge < -0.3 is 14.8 Å². The molecule has 3 heterocycles. The van der Waals surface area contributed by atoms with E-state index in [-0.39, 0.29) is 35.8 Å². The number of pyridine rings is 1. The predicted octanol–water partition coefficient (Wildman–Crippen LogP) is 3.46. The molecule has 2 aliphatic rings. The fourth-order valence-corrected chi connectivity index (χ4v) is 5.09. The lowest BCUT2D eigenvalue weighted by Crippen LogP contribution is -2.49. The number of hydrogen-bond donors (Lipinski definition) is 1. The highest BCUT2D eigenvalue weighted by molar-refractivity contribution is 5.80. The van der Waals surface area contributed by atoms with E-state index in [2.05, 4.69) is 26.9 Å². The van der Waals surface area contributed by atoms with Gasteiger partial charge in [-0.2, -0.15) is 13.9 Å². The third-order valence-corrected chi connectivity index (χ3v) is 6.62. The number of nitrogens with one attached hydrogen (secondary N) is 1. The summed E-state index contributed by atoms with van der Waals surface area (Å²) in [6.45, 7) is 8.57. The largest absolute Gasteiger partial charge is 0.433 e. The summed E-state index contributed by atoms with van der Waals surface area (Å²) in [4.78, 5) is 19.5. The molecule has 1 aliphatic carbocycles. The average Bonchev–Trinajstić information content (AvgIpc) is 3.18. The molecule has 1 fully saturated rings. The number of morpholine rings is 1. The summed E-state index contributed by atoms with van der Waals surface area (Å²) in [5.74, 6) is -0.0687. The molecule has 1 amide bonds. The summed E-state index contributed by atoms with van der Waals surface area (Å²) >= 11 is 0. The van der Waals surface area contributed by atoms with E-state index in [1.165, 1.54) is 6.20 Å². The van der Waals surface area contributed by atoms with Crippen LogP contribution in [0.4, 0.5) is 8.78 Å². The van der Waals surface area contributed by atoms with Crippen LogP contribution in [0.25, 0.3) is 11.3 Å². The zero-order valence-corrected chi connectivity index (χ0v) is 20.8. The number of carbonyl (C=O) groups excluding carboxylic acids is 1. The fourth-order valence-electron chi connectivity index (χ4n) is 5.09. The van der Waals surface area contributed by atoms with Gasteiger partial charge in [0.1, 0.15) is 5.75 Å². The SMILES string of the molecule is CC(CN1CCO[C@H](C)C1)NC(=O)[C@@H]1CCc2c(-c3cncc(OC(F)F)c3)nn(C(C)C)c2C1. The molecule has 1 saturated heterocycles. The lowest BCUT2D eigenvalue weighted by atomic mass is 9.85. The fraction of sp³-hybridized carbons (Fsp3) is 0.640. The third-order valence-electron chi connectivity index (χ3n) is 6.62. The smallest absolute Gasteiger partial charge is 0.387 e. The number of ether oxygens (including phenoxy) is 2. The maximum absolute atomic E-state index is 13.1. The Morgan fingerprint density at radius 2 is 2.11 bits per heavy atom. The van der Waals surface area contributed by atoms with Gasteiger partial charge in [-0.1, -0.05) is 0 Å². The second-order valence-electron chi connectivity index (χ2n) is 9.89. The zero-order chi connectivity index (χ0) is 25.1. The molecule has 1 aliphatic heterocycles. The number of hydrogen-bond acceptors (Lipinski definition) is 6. The number of nitrogens with zero attached hydrogens (tertiary/aromatic N) is 4. The van der Waals surface area contributed by atoms with Crippen molar-refractivity contribution in [2.75, 3.05) is 26.2 Å². The average molecular weight is 492 g/mol. The summed E-state index contributed by atoms with van der Waals surface area (Å²) < 4.78 is 37.4. The van der Waals surface area contributed by atoms with E-state index in [4.69, 9.17) is 9.84 Å². The molecule has 0 saturated carbocycles. The highest BCUT2D eigenvalue weighted by atomic mass is 19.3. The van der Waals surface area contributed by atoms with Crippen LogP contribution in [0.1, 0.15) is 51.4 Å². The van der Waals surface area contributed by atoms with Crippen molar-refractivity contribution >= 4 is 5.91 Å². The number of aromatic nitrogens is 3. The van der Waals surface area contributed by atoms with E-state index in [1.54, 1.807) is 12.3 Å². The van der Waals surface area contributed by atoms with E-state index in [0.29, 0.717) is 24.8 Å². The van der Waals surface area contributed by atoms with Gasteiger partial charge >= 0.3 is 6.61 Å². The van der Waals surface area contributed by atoms with Gasteiger partial charge in [0.05, 0.1) is 24.6 Å². The Balaban J connectivity index is 1.47. The van der Waals surface area contributed by atoms with E-state index < -0.39 is 6.61 Å². The van der Waals surface area contributed by atoms with Crippen LogP contribution in [0.15, 0.2) is 18.5 Å². The molecular formula is C25H35F2N5O3. The van der Waals surface area contributed by atoms with Crippen LogP contribution in [0.5, 0.6) is 5.75 Å². The number of amides is 1. The molecule has 4 rings (SSSR count). The molecule has 0 bridgehead atoms. The standard InChI is InChI=1S/C25H35F2N5O3/c1-15(2)32-22-10-18(24(33)29-16(3)13-31-7-8-34-17(4)14-31)5-6-21(22)23(30-32)19-9-20(12-28-11-19)35-25(26)27/h9,11-12,15-18,25H,5-8,10,13-14H2,1-4H3,(H,29,33)/t16?,17-,18-/m1/s1. The maximum atomic E-state index is 13.1. The Morgan fingerprint density at radius 3 is 2.83 bits per heavy atom. The van der Waals surface area contributed by atoms with E-state index in [1.807, 2.05) is 25.5 Å². The van der Waals surface area contributed by atoms with Crippen LogP contribution in [0, 0.1) is 5.92 Å². The van der Waals surface area contributed by atoms with Crippen molar-refractivity contribution in [3.63, 3.8) is 0 Å². The number of halogens is 2. The summed E-state index contributed by atoms with van der Waals surface area (Å²) in [5.41, 5.74) is 3.43. The normalized spacial score (nSPS) is 21.7. The first-order valence-corrected chi connectivity index (χ1v) is 12.4. The van der Waals surface area contributed by atoms with Crippen molar-refractivity contribution in [1.82, 2.24) is 25.0 Å². The lowest BCUT2D eigenvalue weighted by molar-refractivity contribution is -0.126. The number of carbonyl (C=O) groups is 1. The molecule has 10 heteroatoms. The predicted molar refractivity (Wildman–Crippen MR) is 127 cm³/mol. The first-order valence-electron chi connectivity index (χ1n) is 12.4. The van der Waals surface area contributed by atoms with Gasteiger partial charge in [0.25, 0.3) is 0 Å². The minimum absolute atomic E-state index is 0.00191. The summed E-state index contributed by atoms with van der Waals surface area (Å²) in [5, 5.41) is 8.01. The second kappa shape index (κ2) is 11.0. The molecule has 1 unspecified atom stereocenters. The molecule has 0 aromatic carbocycles. The second-order valence-corrected chi connectivity index (χ2v) is 9.89. The Morgan fingerprint density at radius 1 is 1.31 bits per heavy atom. The first kappa shape index (κ1) is 25.5. The van der Waals surface area contributed by atoms with Gasteiger partial charge in [-0.15, -0.1) is 0 Å². The van der Waals surface area contributed by atoms with Gasteiger partial charge in [0, 0.05) is 67.1 Å². The van der Waals surface area contributed by atoms with Gasteiger partial charge in [0.15, 0.2) is 0 Å². The summed E-state index contributed by atoms with van der Waals surface area (Å²) in [7, 11) is 0. The minimum Gasteiger partial charge on any atom is -0.433 e. The van der Waals surface area contributed by atoms with Crippen molar-refractivity contribution in [1.29, 1.82) is 0 Å². The molecule has 192 valence electrons. The molecule has 0 spiro atoms. The third kappa shape index (κ3) is 6.16. The van der Waals surface area contributed by atoms with Gasteiger partial charge in [0.2, 0.25) is 5.91 Å². The Hall–Kier alpha value is -2.59. The van der Waals surface area contributed by atoms with Gasteiger partial charge in [-0.3, -0.25) is 19.4 Å².